The van der Waals surface area contributed by atoms with Crippen LogP contribution in [-0.4, -0.2) is 19.7 Å². The van der Waals surface area contributed by atoms with E-state index in [1.165, 1.54) is 17.3 Å². The molecule has 30 heavy (non-hydrogen) atoms. The van der Waals surface area contributed by atoms with Crippen LogP contribution in [0.25, 0.3) is 0 Å². The molecule has 6 nitrogen and oxygen atoms in total. The highest BCUT2D eigenvalue weighted by Gasteiger charge is 2.17. The van der Waals surface area contributed by atoms with E-state index in [0.717, 1.165) is 23.7 Å². The number of rotatable bonds is 8. The van der Waals surface area contributed by atoms with Crippen molar-refractivity contribution in [3.63, 3.8) is 0 Å². The number of nitrogens with zero attached hydrogens (tertiary/aromatic N) is 4. The molecule has 2 aromatic heterocycles. The molecule has 4 aromatic rings. The highest BCUT2D eigenvalue weighted by molar-refractivity contribution is 7.98. The van der Waals surface area contributed by atoms with Gasteiger partial charge in [0.25, 0.3) is 11.1 Å². The van der Waals surface area contributed by atoms with Crippen molar-refractivity contribution in [1.29, 1.82) is 0 Å². The van der Waals surface area contributed by atoms with E-state index >= 15 is 0 Å². The molecular weight excluding hydrogens is 420 g/mol. The molecule has 2 heterocycles. The first-order valence-electron chi connectivity index (χ1n) is 9.51. The predicted molar refractivity (Wildman–Crippen MR) is 117 cm³/mol. The maximum Gasteiger partial charge on any atom is 0.277 e. The lowest BCUT2D eigenvalue weighted by molar-refractivity contribution is 0.180. The summed E-state index contributed by atoms with van der Waals surface area (Å²) in [5.41, 5.74) is 2.18. The molecule has 0 fully saturated rings. The second-order valence-corrected chi connectivity index (χ2v) is 8.18. The molecule has 0 bridgehead atoms. The van der Waals surface area contributed by atoms with E-state index in [1.807, 2.05) is 56.6 Å². The summed E-state index contributed by atoms with van der Waals surface area (Å²) in [6.07, 6.45) is 3.42. The first-order chi connectivity index (χ1) is 14.6. The smallest absolute Gasteiger partial charge is 0.277 e. The second-order valence-electron chi connectivity index (χ2n) is 6.82. The van der Waals surface area contributed by atoms with Crippen molar-refractivity contribution in [2.24, 2.45) is 0 Å². The molecule has 1 atom stereocenters. The third-order valence-electron chi connectivity index (χ3n) is 4.53. The van der Waals surface area contributed by atoms with Gasteiger partial charge in [0, 0.05) is 24.0 Å². The Bertz CT molecular complexity index is 1110. The second kappa shape index (κ2) is 9.36. The van der Waals surface area contributed by atoms with Crippen LogP contribution in [0.5, 0.6) is 5.75 Å². The van der Waals surface area contributed by atoms with Crippen LogP contribution < -0.4 is 4.74 Å². The predicted octanol–water partition coefficient (Wildman–Crippen LogP) is 5.71. The van der Waals surface area contributed by atoms with E-state index in [2.05, 4.69) is 31.9 Å². The van der Waals surface area contributed by atoms with E-state index in [-0.39, 0.29) is 6.10 Å². The number of hydrogen-bond acceptors (Lipinski definition) is 6. The first-order valence-corrected chi connectivity index (χ1v) is 10.9. The fourth-order valence-corrected chi connectivity index (χ4v) is 3.92. The highest BCUT2D eigenvalue weighted by Crippen LogP contribution is 2.28. The lowest BCUT2D eigenvalue weighted by Gasteiger charge is -2.13. The number of aryl methyl sites for hydroxylation is 1. The average molecular weight is 441 g/mol. The van der Waals surface area contributed by atoms with Crippen molar-refractivity contribution in [2.75, 3.05) is 0 Å². The normalized spacial score (nSPS) is 12.1. The monoisotopic (exact) mass is 440 g/mol. The summed E-state index contributed by atoms with van der Waals surface area (Å²) in [6.45, 7) is 4.60. The number of hydrogen-bond donors (Lipinski definition) is 0. The molecule has 0 amide bonds. The number of ether oxygens (including phenoxy) is 1. The number of imidazole rings is 1. The fourth-order valence-electron chi connectivity index (χ4n) is 2.96. The molecule has 154 valence electrons. The number of thioether (sulfide) groups is 1. The molecule has 8 heteroatoms. The van der Waals surface area contributed by atoms with Crippen molar-refractivity contribution in [3.8, 4) is 5.75 Å². The van der Waals surface area contributed by atoms with Crippen molar-refractivity contribution >= 4 is 23.4 Å². The Morgan fingerprint density at radius 3 is 2.80 bits per heavy atom. The van der Waals surface area contributed by atoms with Crippen LogP contribution in [-0.2, 0) is 12.3 Å². The number of benzene rings is 2. The van der Waals surface area contributed by atoms with Crippen LogP contribution in [0.4, 0.5) is 0 Å². The lowest BCUT2D eigenvalue weighted by atomic mass is 10.2. The molecule has 0 aliphatic heterocycles. The van der Waals surface area contributed by atoms with Crippen LogP contribution in [0, 0.1) is 6.92 Å². The molecule has 0 aliphatic carbocycles. The largest absolute Gasteiger partial charge is 0.481 e. The molecular formula is C22H21ClN4O2S. The van der Waals surface area contributed by atoms with E-state index in [1.54, 1.807) is 6.07 Å². The molecule has 0 spiro atoms. The van der Waals surface area contributed by atoms with Crippen LogP contribution >= 0.6 is 23.4 Å². The van der Waals surface area contributed by atoms with E-state index in [0.29, 0.717) is 21.9 Å². The fraction of sp³-hybridized carbons (Fsp3) is 0.227. The zero-order valence-electron chi connectivity index (χ0n) is 16.7. The van der Waals surface area contributed by atoms with Gasteiger partial charge in [0.2, 0.25) is 0 Å². The Labute approximate surface area is 184 Å². The van der Waals surface area contributed by atoms with Gasteiger partial charge in [0.05, 0.1) is 5.75 Å². The zero-order valence-corrected chi connectivity index (χ0v) is 18.2. The topological polar surface area (TPSA) is 66.0 Å². The third-order valence-corrected chi connectivity index (χ3v) is 5.58. The molecule has 1 unspecified atom stereocenters. The first kappa shape index (κ1) is 20.5. The van der Waals surface area contributed by atoms with Crippen molar-refractivity contribution in [3.05, 3.63) is 88.8 Å². The Kier molecular flexibility index (Phi) is 6.40. The quantitative estimate of drug-likeness (QED) is 0.327. The highest BCUT2D eigenvalue weighted by atomic mass is 35.5. The summed E-state index contributed by atoms with van der Waals surface area (Å²) < 4.78 is 13.9. The van der Waals surface area contributed by atoms with Gasteiger partial charge in [-0.1, -0.05) is 53.7 Å². The van der Waals surface area contributed by atoms with Crippen molar-refractivity contribution in [1.82, 2.24) is 19.7 Å². The van der Waals surface area contributed by atoms with Crippen molar-refractivity contribution < 1.29 is 9.15 Å². The van der Waals surface area contributed by atoms with Gasteiger partial charge in [-0.15, -0.1) is 10.2 Å². The number of halogens is 1. The minimum Gasteiger partial charge on any atom is -0.481 e. The van der Waals surface area contributed by atoms with Gasteiger partial charge in [-0.2, -0.15) is 0 Å². The van der Waals surface area contributed by atoms with Gasteiger partial charge in [0.15, 0.2) is 6.10 Å². The molecule has 0 saturated carbocycles. The molecule has 4 rings (SSSR count). The van der Waals surface area contributed by atoms with Gasteiger partial charge in [-0.3, -0.25) is 0 Å². The summed E-state index contributed by atoms with van der Waals surface area (Å²) in [6, 6.07) is 15.8. The zero-order chi connectivity index (χ0) is 20.9. The number of aromatic nitrogens is 4. The van der Waals surface area contributed by atoms with Gasteiger partial charge < -0.3 is 13.7 Å². The minimum atomic E-state index is -0.369. The van der Waals surface area contributed by atoms with Gasteiger partial charge in [-0.05, 0) is 43.2 Å². The molecule has 0 aliphatic rings. The van der Waals surface area contributed by atoms with E-state index < -0.39 is 0 Å². The minimum absolute atomic E-state index is 0.369. The summed E-state index contributed by atoms with van der Waals surface area (Å²) >= 11 is 7.46. The van der Waals surface area contributed by atoms with Crippen LogP contribution in [0.1, 0.15) is 35.9 Å². The Morgan fingerprint density at radius 2 is 2.00 bits per heavy atom. The summed E-state index contributed by atoms with van der Waals surface area (Å²) in [5, 5.41) is 9.43. The van der Waals surface area contributed by atoms with Crippen molar-refractivity contribution in [2.45, 2.75) is 37.5 Å². The molecule has 0 N–H and O–H groups in total. The standard InChI is InChI=1S/C22H21ClN4O2S/c1-15-12-18(23)8-9-19(15)28-16(2)21-25-26-22(29-21)30-14-20-24-10-11-27(20)13-17-6-4-3-5-7-17/h3-12,16H,13-14H2,1-2H3. The van der Waals surface area contributed by atoms with Gasteiger partial charge in [0.1, 0.15) is 11.6 Å². The summed E-state index contributed by atoms with van der Waals surface area (Å²) in [7, 11) is 0. The van der Waals surface area contributed by atoms with E-state index in [9.17, 15) is 0 Å². The Balaban J connectivity index is 1.37. The molecule has 2 aromatic carbocycles. The van der Waals surface area contributed by atoms with Gasteiger partial charge in [-0.25, -0.2) is 4.98 Å². The van der Waals surface area contributed by atoms with Crippen LogP contribution in [0.15, 0.2) is 70.6 Å². The van der Waals surface area contributed by atoms with Crippen LogP contribution in [0.2, 0.25) is 5.02 Å². The summed E-state index contributed by atoms with van der Waals surface area (Å²) in [4.78, 5) is 4.46. The third kappa shape index (κ3) is 5.04. The maximum absolute atomic E-state index is 6.00. The Morgan fingerprint density at radius 1 is 1.17 bits per heavy atom. The van der Waals surface area contributed by atoms with Crippen LogP contribution in [0.3, 0.4) is 0 Å². The maximum atomic E-state index is 6.00. The lowest BCUT2D eigenvalue weighted by Crippen LogP contribution is -2.04. The Hall–Kier alpha value is -2.77. The average Bonchev–Trinajstić information content (AvgIpc) is 3.39. The SMILES string of the molecule is Cc1cc(Cl)ccc1OC(C)c1nnc(SCc2nccn2Cc2ccccc2)o1. The van der Waals surface area contributed by atoms with E-state index in [4.69, 9.17) is 20.8 Å². The molecule has 0 radical (unpaired) electrons. The summed E-state index contributed by atoms with van der Waals surface area (Å²) in [5.74, 6) is 2.75. The van der Waals surface area contributed by atoms with Gasteiger partial charge >= 0.3 is 0 Å². The molecule has 0 saturated heterocycles.